The number of aromatic nitrogens is 2. The van der Waals surface area contributed by atoms with Gasteiger partial charge in [-0.25, -0.2) is 9.37 Å². The Labute approximate surface area is 126 Å². The molecule has 0 aliphatic carbocycles. The summed E-state index contributed by atoms with van der Waals surface area (Å²) in [6.45, 7) is 0.469. The van der Waals surface area contributed by atoms with Crippen molar-refractivity contribution in [3.05, 3.63) is 54.6 Å². The van der Waals surface area contributed by atoms with Gasteiger partial charge in [0.05, 0.1) is 23.0 Å². The van der Waals surface area contributed by atoms with Crippen molar-refractivity contribution in [1.29, 1.82) is 0 Å². The van der Waals surface area contributed by atoms with Gasteiger partial charge in [-0.15, -0.1) is 0 Å². The zero-order chi connectivity index (χ0) is 15.5. The molecule has 0 fully saturated rings. The van der Waals surface area contributed by atoms with Gasteiger partial charge in [-0.3, -0.25) is 4.79 Å². The highest BCUT2D eigenvalue weighted by molar-refractivity contribution is 5.91. The third-order valence-electron chi connectivity index (χ3n) is 3.37. The number of benzene rings is 2. The van der Waals surface area contributed by atoms with E-state index >= 15 is 0 Å². The number of carbonyl (C=O) groups excluding carboxylic acids is 1. The number of imidazole rings is 1. The van der Waals surface area contributed by atoms with Crippen molar-refractivity contribution in [3.63, 3.8) is 0 Å². The van der Waals surface area contributed by atoms with Gasteiger partial charge < -0.3 is 15.6 Å². The number of nitrogens with zero attached hydrogens (tertiary/aromatic N) is 2. The van der Waals surface area contributed by atoms with E-state index in [2.05, 4.69) is 10.3 Å². The molecule has 5 nitrogen and oxygen atoms in total. The first-order valence-corrected chi connectivity index (χ1v) is 6.88. The van der Waals surface area contributed by atoms with Crippen molar-refractivity contribution in [3.8, 4) is 0 Å². The van der Waals surface area contributed by atoms with Crippen molar-refractivity contribution in [2.75, 3.05) is 11.1 Å². The summed E-state index contributed by atoms with van der Waals surface area (Å²) in [4.78, 5) is 16.2. The van der Waals surface area contributed by atoms with Crippen LogP contribution in [0.4, 0.5) is 15.8 Å². The summed E-state index contributed by atoms with van der Waals surface area (Å²) in [5, 5.41) is 2.53. The maximum absolute atomic E-state index is 13.6. The monoisotopic (exact) mass is 298 g/mol. The van der Waals surface area contributed by atoms with E-state index in [0.717, 1.165) is 11.0 Å². The Morgan fingerprint density at radius 2 is 2.09 bits per heavy atom. The lowest BCUT2D eigenvalue weighted by Crippen LogP contribution is -2.15. The number of nitrogen functional groups attached to an aromatic ring is 1. The molecule has 0 radical (unpaired) electrons. The van der Waals surface area contributed by atoms with Crippen LogP contribution in [-0.4, -0.2) is 15.5 Å². The minimum atomic E-state index is -0.504. The Morgan fingerprint density at radius 3 is 2.95 bits per heavy atom. The number of halogens is 1. The van der Waals surface area contributed by atoms with Crippen LogP contribution in [0.3, 0.4) is 0 Å². The molecule has 1 aromatic heterocycles. The predicted octanol–water partition coefficient (Wildman–Crippen LogP) is 2.79. The van der Waals surface area contributed by atoms with Gasteiger partial charge in [-0.1, -0.05) is 12.1 Å². The minimum absolute atomic E-state index is 0.0977. The van der Waals surface area contributed by atoms with Gasteiger partial charge in [-0.05, 0) is 30.3 Å². The van der Waals surface area contributed by atoms with E-state index in [9.17, 15) is 9.18 Å². The lowest BCUT2D eigenvalue weighted by atomic mass is 10.2. The fourth-order valence-electron chi connectivity index (χ4n) is 2.26. The summed E-state index contributed by atoms with van der Waals surface area (Å²) in [6.07, 6.45) is 1.91. The Balaban J connectivity index is 1.66. The second-order valence-electron chi connectivity index (χ2n) is 4.96. The Bertz CT molecular complexity index is 828. The number of fused-ring (bicyclic) bond motifs is 1. The van der Waals surface area contributed by atoms with Crippen LogP contribution in [0.5, 0.6) is 0 Å². The number of hydrogen-bond donors (Lipinski definition) is 2. The lowest BCUT2D eigenvalue weighted by molar-refractivity contribution is -0.116. The van der Waals surface area contributed by atoms with Gasteiger partial charge in [0.25, 0.3) is 0 Å². The van der Waals surface area contributed by atoms with Gasteiger partial charge in [0.2, 0.25) is 5.91 Å². The molecule has 112 valence electrons. The molecule has 2 aromatic carbocycles. The number of anilines is 2. The Hall–Kier alpha value is -2.89. The smallest absolute Gasteiger partial charge is 0.226 e. The molecule has 3 rings (SSSR count). The fourth-order valence-corrected chi connectivity index (χ4v) is 2.26. The zero-order valence-corrected chi connectivity index (χ0v) is 11.8. The van der Waals surface area contributed by atoms with Crippen molar-refractivity contribution in [2.45, 2.75) is 13.0 Å². The van der Waals surface area contributed by atoms with Gasteiger partial charge >= 0.3 is 0 Å². The zero-order valence-electron chi connectivity index (χ0n) is 11.8. The number of carbonyl (C=O) groups is 1. The predicted molar refractivity (Wildman–Crippen MR) is 83.8 cm³/mol. The molecule has 6 heteroatoms. The molecule has 0 saturated carbocycles. The summed E-state index contributed by atoms with van der Waals surface area (Å²) in [6, 6.07) is 11.8. The summed E-state index contributed by atoms with van der Waals surface area (Å²) in [5.41, 5.74) is 7.93. The Kier molecular flexibility index (Phi) is 3.74. The van der Waals surface area contributed by atoms with Crippen molar-refractivity contribution in [1.82, 2.24) is 9.55 Å². The molecular formula is C16H15FN4O. The summed E-state index contributed by atoms with van der Waals surface area (Å²) < 4.78 is 15.5. The van der Waals surface area contributed by atoms with Crippen molar-refractivity contribution >= 4 is 28.3 Å². The van der Waals surface area contributed by atoms with Gasteiger partial charge in [0, 0.05) is 18.7 Å². The maximum Gasteiger partial charge on any atom is 0.226 e. The molecule has 22 heavy (non-hydrogen) atoms. The third-order valence-corrected chi connectivity index (χ3v) is 3.37. The SMILES string of the molecule is Nc1ccc(F)c(NC(=O)CCn2cnc3ccccc32)c1. The Morgan fingerprint density at radius 1 is 1.27 bits per heavy atom. The molecule has 0 aliphatic rings. The number of nitrogens with one attached hydrogen (secondary N) is 1. The normalized spacial score (nSPS) is 10.8. The van der Waals surface area contributed by atoms with E-state index in [1.807, 2.05) is 28.8 Å². The number of aryl methyl sites for hydroxylation is 1. The quantitative estimate of drug-likeness (QED) is 0.727. The van der Waals surface area contributed by atoms with E-state index in [-0.39, 0.29) is 18.0 Å². The van der Waals surface area contributed by atoms with E-state index in [0.29, 0.717) is 12.2 Å². The first-order chi connectivity index (χ1) is 10.6. The average molecular weight is 298 g/mol. The van der Waals surface area contributed by atoms with Crippen molar-refractivity contribution in [2.24, 2.45) is 0 Å². The summed E-state index contributed by atoms with van der Waals surface area (Å²) in [5.74, 6) is -0.780. The van der Waals surface area contributed by atoms with E-state index in [1.165, 1.54) is 18.2 Å². The van der Waals surface area contributed by atoms with E-state index in [4.69, 9.17) is 5.73 Å². The molecule has 0 unspecified atom stereocenters. The van der Waals surface area contributed by atoms with Gasteiger partial charge in [0.15, 0.2) is 0 Å². The van der Waals surface area contributed by atoms with E-state index in [1.54, 1.807) is 6.33 Å². The average Bonchev–Trinajstić information content (AvgIpc) is 2.92. The summed E-state index contributed by atoms with van der Waals surface area (Å²) in [7, 11) is 0. The fraction of sp³-hybridized carbons (Fsp3) is 0.125. The van der Waals surface area contributed by atoms with Crippen LogP contribution in [-0.2, 0) is 11.3 Å². The van der Waals surface area contributed by atoms with Crippen LogP contribution in [0, 0.1) is 5.82 Å². The molecule has 3 N–H and O–H groups in total. The van der Waals surface area contributed by atoms with Crippen LogP contribution in [0.2, 0.25) is 0 Å². The number of para-hydroxylation sites is 2. The molecule has 1 amide bonds. The lowest BCUT2D eigenvalue weighted by Gasteiger charge is -2.08. The molecule has 3 aromatic rings. The number of rotatable bonds is 4. The summed E-state index contributed by atoms with van der Waals surface area (Å²) >= 11 is 0. The highest BCUT2D eigenvalue weighted by Crippen LogP contribution is 2.18. The van der Waals surface area contributed by atoms with E-state index < -0.39 is 5.82 Å². The molecule has 0 saturated heterocycles. The van der Waals surface area contributed by atoms with Crippen molar-refractivity contribution < 1.29 is 9.18 Å². The standard InChI is InChI=1S/C16H15FN4O/c17-12-6-5-11(18)9-14(12)20-16(22)7-8-21-10-19-13-3-1-2-4-15(13)21/h1-6,9-10H,7-8,18H2,(H,20,22). The number of amides is 1. The van der Waals surface area contributed by atoms with Crippen LogP contribution in [0.25, 0.3) is 11.0 Å². The third kappa shape index (κ3) is 2.90. The molecule has 0 aliphatic heterocycles. The topological polar surface area (TPSA) is 72.9 Å². The van der Waals surface area contributed by atoms with Crippen LogP contribution < -0.4 is 11.1 Å². The van der Waals surface area contributed by atoms with Gasteiger partial charge in [-0.2, -0.15) is 0 Å². The second kappa shape index (κ2) is 5.85. The number of hydrogen-bond acceptors (Lipinski definition) is 3. The molecular weight excluding hydrogens is 283 g/mol. The second-order valence-corrected chi connectivity index (χ2v) is 4.96. The first-order valence-electron chi connectivity index (χ1n) is 6.88. The highest BCUT2D eigenvalue weighted by Gasteiger charge is 2.09. The minimum Gasteiger partial charge on any atom is -0.399 e. The molecule has 1 heterocycles. The highest BCUT2D eigenvalue weighted by atomic mass is 19.1. The molecule has 0 bridgehead atoms. The molecule has 0 atom stereocenters. The molecule has 0 spiro atoms. The van der Waals surface area contributed by atoms with Crippen LogP contribution in [0.15, 0.2) is 48.8 Å². The largest absolute Gasteiger partial charge is 0.399 e. The number of nitrogens with two attached hydrogens (primary N) is 1. The van der Waals surface area contributed by atoms with Crippen LogP contribution >= 0.6 is 0 Å². The van der Waals surface area contributed by atoms with Crippen LogP contribution in [0.1, 0.15) is 6.42 Å². The first kappa shape index (κ1) is 14.1. The maximum atomic E-state index is 13.6. The van der Waals surface area contributed by atoms with Gasteiger partial charge in [0.1, 0.15) is 5.82 Å².